The molecule has 0 spiro atoms. The maximum atomic E-state index is 5.27. The van der Waals surface area contributed by atoms with Crippen molar-refractivity contribution < 1.29 is 9.05 Å². The van der Waals surface area contributed by atoms with E-state index in [1.807, 2.05) is 31.2 Å². The zero-order chi connectivity index (χ0) is 17.8. The summed E-state index contributed by atoms with van der Waals surface area (Å²) in [5.74, 6) is 2.07. The zero-order valence-electron chi connectivity index (χ0n) is 14.0. The molecule has 4 aromatic rings. The molecule has 9 heteroatoms. The fourth-order valence-electron chi connectivity index (χ4n) is 2.34. The van der Waals surface area contributed by atoms with E-state index >= 15 is 0 Å². The van der Waals surface area contributed by atoms with Gasteiger partial charge in [-0.1, -0.05) is 10.3 Å². The highest BCUT2D eigenvalue weighted by Crippen LogP contribution is 2.16. The van der Waals surface area contributed by atoms with Crippen LogP contribution >= 0.6 is 0 Å². The first-order chi connectivity index (χ1) is 12.8. The lowest BCUT2D eigenvalue weighted by Gasteiger charge is -1.93. The molecule has 0 aliphatic heterocycles. The summed E-state index contributed by atoms with van der Waals surface area (Å²) in [6.45, 7) is 1.87. The van der Waals surface area contributed by atoms with Crippen molar-refractivity contribution in [3.05, 3.63) is 54.1 Å². The van der Waals surface area contributed by atoms with Gasteiger partial charge in [0.1, 0.15) is 5.69 Å². The zero-order valence-corrected chi connectivity index (χ0v) is 14.0. The summed E-state index contributed by atoms with van der Waals surface area (Å²) in [6.07, 6.45) is 5.37. The molecule has 0 aliphatic carbocycles. The number of nitrogens with zero attached hydrogens (tertiary/aromatic N) is 7. The second-order valence-electron chi connectivity index (χ2n) is 5.68. The number of aryl methyl sites for hydroxylation is 3. The predicted molar refractivity (Wildman–Crippen MR) is 89.6 cm³/mol. The van der Waals surface area contributed by atoms with Crippen molar-refractivity contribution in [2.24, 2.45) is 0 Å². The summed E-state index contributed by atoms with van der Waals surface area (Å²) >= 11 is 0. The van der Waals surface area contributed by atoms with Crippen LogP contribution < -0.4 is 0 Å². The molecule has 0 fully saturated rings. The molecule has 0 saturated heterocycles. The molecule has 130 valence electrons. The summed E-state index contributed by atoms with van der Waals surface area (Å²) in [4.78, 5) is 12.8. The van der Waals surface area contributed by atoms with Crippen LogP contribution in [0.2, 0.25) is 0 Å². The lowest BCUT2D eigenvalue weighted by Crippen LogP contribution is -1.93. The van der Waals surface area contributed by atoms with E-state index in [9.17, 15) is 0 Å². The van der Waals surface area contributed by atoms with Gasteiger partial charge in [0.25, 0.3) is 0 Å². The summed E-state index contributed by atoms with van der Waals surface area (Å²) in [7, 11) is 0. The molecular weight excluding hydrogens is 334 g/mol. The molecule has 0 aliphatic rings. The van der Waals surface area contributed by atoms with E-state index in [0.29, 0.717) is 42.0 Å². The van der Waals surface area contributed by atoms with Crippen molar-refractivity contribution in [2.45, 2.75) is 26.2 Å². The number of hydrogen-bond acceptors (Lipinski definition) is 9. The molecule has 4 heterocycles. The van der Waals surface area contributed by atoms with Gasteiger partial charge in [0.05, 0.1) is 5.69 Å². The standard InChI is InChI=1S/C17H15N7O2/c1-11-7-8-13(22-21-11)17-20-15(26-24-17)6-2-5-14-19-16(23-25-14)12-4-3-9-18-10-12/h3-4,7-10H,2,5-6H2,1H3. The van der Waals surface area contributed by atoms with Crippen LogP contribution in [0, 0.1) is 6.92 Å². The Kier molecular flexibility index (Phi) is 4.42. The van der Waals surface area contributed by atoms with Crippen LogP contribution in [-0.4, -0.2) is 35.5 Å². The van der Waals surface area contributed by atoms with Crippen LogP contribution in [0.3, 0.4) is 0 Å². The maximum Gasteiger partial charge on any atom is 0.227 e. The van der Waals surface area contributed by atoms with Crippen molar-refractivity contribution >= 4 is 0 Å². The molecule has 9 nitrogen and oxygen atoms in total. The molecule has 26 heavy (non-hydrogen) atoms. The summed E-state index contributed by atoms with van der Waals surface area (Å²) < 4.78 is 10.5. The first-order valence-corrected chi connectivity index (χ1v) is 8.14. The van der Waals surface area contributed by atoms with Crippen LogP contribution in [0.4, 0.5) is 0 Å². The van der Waals surface area contributed by atoms with Crippen molar-refractivity contribution in [2.75, 3.05) is 0 Å². The third kappa shape index (κ3) is 3.61. The molecule has 0 aromatic carbocycles. The van der Waals surface area contributed by atoms with Gasteiger partial charge in [0.15, 0.2) is 0 Å². The van der Waals surface area contributed by atoms with Gasteiger partial charge in [-0.2, -0.15) is 15.1 Å². The Morgan fingerprint density at radius 1 is 0.885 bits per heavy atom. The van der Waals surface area contributed by atoms with E-state index in [1.165, 1.54) is 0 Å². The average Bonchev–Trinajstić information content (AvgIpc) is 3.33. The monoisotopic (exact) mass is 349 g/mol. The normalized spacial score (nSPS) is 11.0. The summed E-state index contributed by atoms with van der Waals surface area (Å²) in [5.41, 5.74) is 2.24. The molecule has 4 aromatic heterocycles. The molecule has 0 N–H and O–H groups in total. The highest BCUT2D eigenvalue weighted by atomic mass is 16.5. The quantitative estimate of drug-likeness (QED) is 0.517. The van der Waals surface area contributed by atoms with Gasteiger partial charge < -0.3 is 9.05 Å². The van der Waals surface area contributed by atoms with Gasteiger partial charge in [-0.15, -0.1) is 5.10 Å². The van der Waals surface area contributed by atoms with Crippen LogP contribution in [-0.2, 0) is 12.8 Å². The van der Waals surface area contributed by atoms with E-state index in [2.05, 4.69) is 35.5 Å². The maximum absolute atomic E-state index is 5.27. The van der Waals surface area contributed by atoms with Gasteiger partial charge in [0, 0.05) is 30.8 Å². The lowest BCUT2D eigenvalue weighted by molar-refractivity contribution is 0.359. The number of pyridine rings is 1. The van der Waals surface area contributed by atoms with Crippen molar-refractivity contribution in [1.82, 2.24) is 35.5 Å². The van der Waals surface area contributed by atoms with Crippen molar-refractivity contribution in [1.29, 1.82) is 0 Å². The Labute approximate surface area is 148 Å². The number of rotatable bonds is 6. The Morgan fingerprint density at radius 3 is 2.35 bits per heavy atom. The molecule has 0 atom stereocenters. The Hall–Kier alpha value is -3.49. The number of aromatic nitrogens is 7. The van der Waals surface area contributed by atoms with E-state index in [-0.39, 0.29) is 0 Å². The third-order valence-electron chi connectivity index (χ3n) is 3.66. The van der Waals surface area contributed by atoms with Crippen molar-refractivity contribution in [3.8, 4) is 22.9 Å². The van der Waals surface area contributed by atoms with E-state index in [1.54, 1.807) is 12.4 Å². The average molecular weight is 349 g/mol. The third-order valence-corrected chi connectivity index (χ3v) is 3.66. The number of hydrogen-bond donors (Lipinski definition) is 0. The minimum atomic E-state index is 0.434. The second kappa shape index (κ2) is 7.18. The largest absolute Gasteiger partial charge is 0.339 e. The van der Waals surface area contributed by atoms with Gasteiger partial charge in [-0.05, 0) is 37.6 Å². The first kappa shape index (κ1) is 16.0. The topological polar surface area (TPSA) is 117 Å². The van der Waals surface area contributed by atoms with Gasteiger partial charge in [-0.25, -0.2) is 0 Å². The van der Waals surface area contributed by atoms with E-state index in [0.717, 1.165) is 17.7 Å². The summed E-state index contributed by atoms with van der Waals surface area (Å²) in [5, 5.41) is 15.9. The Bertz CT molecular complexity index is 980. The Balaban J connectivity index is 1.34. The SMILES string of the molecule is Cc1ccc(-c2noc(CCCc3nc(-c4cccnc4)no3)n2)nn1. The first-order valence-electron chi connectivity index (χ1n) is 8.14. The lowest BCUT2D eigenvalue weighted by atomic mass is 10.2. The molecule has 0 amide bonds. The van der Waals surface area contributed by atoms with E-state index in [4.69, 9.17) is 9.05 Å². The van der Waals surface area contributed by atoms with E-state index < -0.39 is 0 Å². The smallest absolute Gasteiger partial charge is 0.227 e. The highest BCUT2D eigenvalue weighted by molar-refractivity contribution is 5.51. The van der Waals surface area contributed by atoms with Crippen molar-refractivity contribution in [3.63, 3.8) is 0 Å². The minimum absolute atomic E-state index is 0.434. The second-order valence-corrected chi connectivity index (χ2v) is 5.68. The molecular formula is C17H15N7O2. The molecule has 0 bridgehead atoms. The molecule has 0 saturated carbocycles. The molecule has 0 unspecified atom stereocenters. The van der Waals surface area contributed by atoms with Crippen LogP contribution in [0.25, 0.3) is 22.9 Å². The minimum Gasteiger partial charge on any atom is -0.339 e. The molecule has 4 rings (SSSR count). The van der Waals surface area contributed by atoms with Crippen LogP contribution in [0.5, 0.6) is 0 Å². The van der Waals surface area contributed by atoms with Gasteiger partial charge >= 0.3 is 0 Å². The highest BCUT2D eigenvalue weighted by Gasteiger charge is 2.12. The van der Waals surface area contributed by atoms with Crippen LogP contribution in [0.15, 0.2) is 45.7 Å². The Morgan fingerprint density at radius 2 is 1.65 bits per heavy atom. The fraction of sp³-hybridized carbons (Fsp3) is 0.235. The van der Waals surface area contributed by atoms with Crippen LogP contribution in [0.1, 0.15) is 23.9 Å². The van der Waals surface area contributed by atoms with Gasteiger partial charge in [-0.3, -0.25) is 4.98 Å². The fourth-order valence-corrected chi connectivity index (χ4v) is 2.34. The molecule has 0 radical (unpaired) electrons. The predicted octanol–water partition coefficient (Wildman–Crippen LogP) is 2.46. The summed E-state index contributed by atoms with van der Waals surface area (Å²) in [6, 6.07) is 7.38. The van der Waals surface area contributed by atoms with Gasteiger partial charge in [0.2, 0.25) is 23.4 Å².